The van der Waals surface area contributed by atoms with Crippen molar-refractivity contribution in [3.05, 3.63) is 53.6 Å². The van der Waals surface area contributed by atoms with Gasteiger partial charge in [0.15, 0.2) is 0 Å². The van der Waals surface area contributed by atoms with E-state index >= 15 is 0 Å². The fraction of sp³-hybridized carbons (Fsp3) is 0.409. The highest BCUT2D eigenvalue weighted by Crippen LogP contribution is 2.33. The molecule has 0 aliphatic carbocycles. The van der Waals surface area contributed by atoms with Gasteiger partial charge in [0.2, 0.25) is 15.9 Å². The van der Waals surface area contributed by atoms with Crippen LogP contribution in [0.5, 0.6) is 5.75 Å². The Kier molecular flexibility index (Phi) is 9.47. The number of amides is 1. The Balaban J connectivity index is 2.17. The molecule has 0 bridgehead atoms. The maximum Gasteiger partial charge on any atom is 0.246 e. The number of halogens is 2. The molecule has 2 aromatic carbocycles. The summed E-state index contributed by atoms with van der Waals surface area (Å²) in [4.78, 5) is 12.4. The summed E-state index contributed by atoms with van der Waals surface area (Å²) in [5.41, 5.74) is 0.202. The third-order valence-corrected chi connectivity index (χ3v) is 7.96. The molecule has 1 N–H and O–H groups in total. The van der Waals surface area contributed by atoms with Gasteiger partial charge >= 0.3 is 0 Å². The fourth-order valence-electron chi connectivity index (χ4n) is 3.14. The fourth-order valence-corrected chi connectivity index (χ4v) is 5.63. The van der Waals surface area contributed by atoms with Gasteiger partial charge in [-0.05, 0) is 44.2 Å². The smallest absolute Gasteiger partial charge is 0.246 e. The number of anilines is 1. The molecule has 0 aliphatic rings. The number of ether oxygens (including phenoxy) is 1. The van der Waals surface area contributed by atoms with Crippen LogP contribution < -0.4 is 10.1 Å². The molecule has 0 aromatic heterocycles. The summed E-state index contributed by atoms with van der Waals surface area (Å²) in [6.45, 7) is 7.72. The molecular formula is C22H28F2N2O4S2. The summed E-state index contributed by atoms with van der Waals surface area (Å²) in [5.74, 6) is -1.61. The summed E-state index contributed by atoms with van der Waals surface area (Å²) in [6.07, 6.45) is 0. The van der Waals surface area contributed by atoms with Crippen molar-refractivity contribution in [2.75, 3.05) is 30.8 Å². The predicted molar refractivity (Wildman–Crippen MR) is 124 cm³/mol. The predicted octanol–water partition coefficient (Wildman–Crippen LogP) is 4.83. The zero-order valence-electron chi connectivity index (χ0n) is 18.5. The van der Waals surface area contributed by atoms with Crippen LogP contribution in [0.15, 0.2) is 41.3 Å². The van der Waals surface area contributed by atoms with Gasteiger partial charge in [0.25, 0.3) is 0 Å². The van der Waals surface area contributed by atoms with Crippen molar-refractivity contribution in [1.82, 2.24) is 4.31 Å². The van der Waals surface area contributed by atoms with Gasteiger partial charge in [-0.15, -0.1) is 11.8 Å². The SMILES string of the molecule is CCOc1ccc(NC(=O)CSC(C)c2c(F)cccc2F)cc1S(=O)(=O)N(CC)CC. The standard InChI is InChI=1S/C22H28F2N2O4S2/c1-5-26(6-2)32(28,29)20-13-16(11-12-19(20)30-7-3)25-21(27)14-31-15(4)22-17(23)9-8-10-18(22)24/h8-13,15H,5-7,14H2,1-4H3,(H,25,27). The monoisotopic (exact) mass is 486 g/mol. The van der Waals surface area contributed by atoms with E-state index in [4.69, 9.17) is 4.74 Å². The first-order valence-corrected chi connectivity index (χ1v) is 12.8. The molecule has 1 unspecified atom stereocenters. The number of nitrogens with one attached hydrogen (secondary N) is 1. The molecule has 0 heterocycles. The lowest BCUT2D eigenvalue weighted by atomic mass is 10.1. The Hall–Kier alpha value is -2.17. The molecule has 0 saturated carbocycles. The lowest BCUT2D eigenvalue weighted by molar-refractivity contribution is -0.113. The van der Waals surface area contributed by atoms with Gasteiger partial charge < -0.3 is 10.1 Å². The normalized spacial score (nSPS) is 12.6. The van der Waals surface area contributed by atoms with E-state index in [1.54, 1.807) is 33.8 Å². The number of benzene rings is 2. The lowest BCUT2D eigenvalue weighted by Crippen LogP contribution is -2.31. The topological polar surface area (TPSA) is 75.7 Å². The number of sulfonamides is 1. The zero-order chi connectivity index (χ0) is 23.9. The van der Waals surface area contributed by atoms with E-state index in [0.29, 0.717) is 13.1 Å². The Morgan fingerprint density at radius 2 is 1.75 bits per heavy atom. The quantitative estimate of drug-likeness (QED) is 0.493. The van der Waals surface area contributed by atoms with Crippen molar-refractivity contribution in [2.24, 2.45) is 0 Å². The molecule has 32 heavy (non-hydrogen) atoms. The molecule has 0 spiro atoms. The summed E-state index contributed by atoms with van der Waals surface area (Å²) in [7, 11) is -3.82. The molecule has 1 atom stereocenters. The largest absolute Gasteiger partial charge is 0.492 e. The molecule has 6 nitrogen and oxygen atoms in total. The molecule has 176 valence electrons. The van der Waals surface area contributed by atoms with Crippen molar-refractivity contribution < 1.29 is 26.7 Å². The Bertz CT molecular complexity index is 1020. The molecule has 0 radical (unpaired) electrons. The minimum atomic E-state index is -3.82. The highest BCUT2D eigenvalue weighted by molar-refractivity contribution is 8.00. The number of nitrogens with zero attached hydrogens (tertiary/aromatic N) is 1. The number of rotatable bonds is 11. The molecule has 2 aromatic rings. The van der Waals surface area contributed by atoms with E-state index in [0.717, 1.165) is 11.8 Å². The zero-order valence-corrected chi connectivity index (χ0v) is 20.2. The molecular weight excluding hydrogens is 458 g/mol. The van der Waals surface area contributed by atoms with Crippen LogP contribution >= 0.6 is 11.8 Å². The van der Waals surface area contributed by atoms with Gasteiger partial charge in [-0.25, -0.2) is 17.2 Å². The number of carbonyl (C=O) groups excluding carboxylic acids is 1. The summed E-state index contributed by atoms with van der Waals surface area (Å²) < 4.78 is 60.7. The van der Waals surface area contributed by atoms with Crippen LogP contribution in [0, 0.1) is 11.6 Å². The van der Waals surface area contributed by atoms with Gasteiger partial charge in [0.1, 0.15) is 22.3 Å². The van der Waals surface area contributed by atoms with E-state index in [-0.39, 0.29) is 34.3 Å². The number of carbonyl (C=O) groups is 1. The van der Waals surface area contributed by atoms with Crippen molar-refractivity contribution in [3.63, 3.8) is 0 Å². The van der Waals surface area contributed by atoms with Gasteiger partial charge in [0.05, 0.1) is 12.4 Å². The van der Waals surface area contributed by atoms with E-state index in [2.05, 4.69) is 5.32 Å². The van der Waals surface area contributed by atoms with Crippen LogP contribution in [0.1, 0.15) is 38.5 Å². The first-order valence-electron chi connectivity index (χ1n) is 10.3. The van der Waals surface area contributed by atoms with Gasteiger partial charge in [-0.1, -0.05) is 19.9 Å². The molecule has 0 saturated heterocycles. The third kappa shape index (κ3) is 6.20. The maximum atomic E-state index is 13.9. The highest BCUT2D eigenvalue weighted by Gasteiger charge is 2.26. The number of thioether (sulfide) groups is 1. The summed E-state index contributed by atoms with van der Waals surface area (Å²) in [6, 6.07) is 8.05. The van der Waals surface area contributed by atoms with Crippen LogP contribution in [0.3, 0.4) is 0 Å². The van der Waals surface area contributed by atoms with Crippen LogP contribution in [-0.4, -0.2) is 44.1 Å². The maximum absolute atomic E-state index is 13.9. The Morgan fingerprint density at radius 3 is 2.31 bits per heavy atom. The van der Waals surface area contributed by atoms with E-state index in [9.17, 15) is 22.0 Å². The van der Waals surface area contributed by atoms with Crippen LogP contribution in [0.2, 0.25) is 0 Å². The lowest BCUT2D eigenvalue weighted by Gasteiger charge is -2.21. The minimum Gasteiger partial charge on any atom is -0.492 e. The van der Waals surface area contributed by atoms with Crippen molar-refractivity contribution in [2.45, 2.75) is 37.8 Å². The van der Waals surface area contributed by atoms with E-state index in [1.165, 1.54) is 34.6 Å². The Labute approximate surface area is 192 Å². The van der Waals surface area contributed by atoms with E-state index < -0.39 is 32.8 Å². The van der Waals surface area contributed by atoms with Crippen molar-refractivity contribution >= 4 is 33.4 Å². The first kappa shape index (κ1) is 26.1. The molecule has 0 aliphatic heterocycles. The van der Waals surface area contributed by atoms with Gasteiger partial charge in [-0.2, -0.15) is 4.31 Å². The summed E-state index contributed by atoms with van der Waals surface area (Å²) >= 11 is 1.08. The average molecular weight is 487 g/mol. The highest BCUT2D eigenvalue weighted by atomic mass is 32.2. The second kappa shape index (κ2) is 11.6. The Morgan fingerprint density at radius 1 is 1.12 bits per heavy atom. The van der Waals surface area contributed by atoms with Crippen molar-refractivity contribution in [3.8, 4) is 5.75 Å². The van der Waals surface area contributed by atoms with E-state index in [1.807, 2.05) is 0 Å². The molecule has 10 heteroatoms. The average Bonchev–Trinajstić information content (AvgIpc) is 2.74. The van der Waals surface area contributed by atoms with Crippen LogP contribution in [0.4, 0.5) is 14.5 Å². The molecule has 1 amide bonds. The van der Waals surface area contributed by atoms with Crippen LogP contribution in [-0.2, 0) is 14.8 Å². The number of hydrogen-bond donors (Lipinski definition) is 1. The second-order valence-corrected chi connectivity index (χ2v) is 10.1. The minimum absolute atomic E-state index is 0.0321. The molecule has 2 rings (SSSR count). The molecule has 0 fully saturated rings. The van der Waals surface area contributed by atoms with Crippen LogP contribution in [0.25, 0.3) is 0 Å². The third-order valence-electron chi connectivity index (χ3n) is 4.72. The number of hydrogen-bond acceptors (Lipinski definition) is 5. The van der Waals surface area contributed by atoms with Gasteiger partial charge in [0, 0.05) is 29.6 Å². The second-order valence-electron chi connectivity index (χ2n) is 6.82. The summed E-state index contributed by atoms with van der Waals surface area (Å²) in [5, 5.41) is 2.07. The first-order chi connectivity index (χ1) is 15.1. The van der Waals surface area contributed by atoms with Gasteiger partial charge in [-0.3, -0.25) is 4.79 Å². The van der Waals surface area contributed by atoms with Crippen molar-refractivity contribution in [1.29, 1.82) is 0 Å².